The average Bonchev–Trinajstić information content (AvgIpc) is 2.99. The molecule has 0 aromatic carbocycles. The van der Waals surface area contributed by atoms with Crippen LogP contribution in [-0.2, 0) is 14.2 Å². The molecule has 0 bridgehead atoms. The maximum atomic E-state index is 6.03. The maximum Gasteiger partial charge on any atom is 0.181 e. The Morgan fingerprint density at radius 2 is 1.35 bits per heavy atom. The van der Waals surface area contributed by atoms with Crippen LogP contribution in [0, 0.1) is 0 Å². The molecule has 0 aliphatic heterocycles. The Morgan fingerprint density at radius 3 is 1.76 bits per heavy atom. The van der Waals surface area contributed by atoms with Gasteiger partial charge in [-0.3, -0.25) is 0 Å². The lowest BCUT2D eigenvalue weighted by molar-refractivity contribution is -0.213. The summed E-state index contributed by atoms with van der Waals surface area (Å²) in [5.41, 5.74) is 0. The van der Waals surface area contributed by atoms with Gasteiger partial charge in [-0.2, -0.15) is 0 Å². The quantitative estimate of drug-likeness (QED) is 0.641. The van der Waals surface area contributed by atoms with Crippen molar-refractivity contribution in [2.45, 2.75) is 76.8 Å². The number of hydrogen-bond acceptors (Lipinski definition) is 3. The highest BCUT2D eigenvalue weighted by Gasteiger charge is 2.25. The first kappa shape index (κ1) is 13.3. The Kier molecular flexibility index (Phi) is 5.75. The van der Waals surface area contributed by atoms with Crippen molar-refractivity contribution in [2.75, 3.05) is 13.2 Å². The van der Waals surface area contributed by atoms with Crippen LogP contribution in [0.1, 0.15) is 58.3 Å². The lowest BCUT2D eigenvalue weighted by Crippen LogP contribution is -2.31. The summed E-state index contributed by atoms with van der Waals surface area (Å²) in [4.78, 5) is 0. The van der Waals surface area contributed by atoms with E-state index in [1.165, 1.54) is 51.4 Å². The summed E-state index contributed by atoms with van der Waals surface area (Å²) in [6.07, 6.45) is 10.6. The molecular formula is C14H26O3. The Morgan fingerprint density at radius 1 is 0.882 bits per heavy atom. The predicted molar refractivity (Wildman–Crippen MR) is 67.0 cm³/mol. The van der Waals surface area contributed by atoms with Crippen molar-refractivity contribution in [3.63, 3.8) is 0 Å². The third-order valence-electron chi connectivity index (χ3n) is 3.75. The van der Waals surface area contributed by atoms with E-state index in [2.05, 4.69) is 0 Å². The second-order valence-electron chi connectivity index (χ2n) is 5.17. The molecule has 2 aliphatic carbocycles. The molecule has 2 fully saturated rings. The molecule has 0 aromatic rings. The lowest BCUT2D eigenvalue weighted by Gasteiger charge is -2.25. The van der Waals surface area contributed by atoms with E-state index >= 15 is 0 Å². The summed E-state index contributed by atoms with van der Waals surface area (Å²) in [6.45, 7) is 3.34. The van der Waals surface area contributed by atoms with E-state index in [4.69, 9.17) is 14.2 Å². The van der Waals surface area contributed by atoms with Crippen LogP contribution in [0.4, 0.5) is 0 Å². The zero-order valence-electron chi connectivity index (χ0n) is 11.0. The highest BCUT2D eigenvalue weighted by Crippen LogP contribution is 2.26. The molecule has 2 saturated carbocycles. The van der Waals surface area contributed by atoms with Crippen LogP contribution >= 0.6 is 0 Å². The molecule has 0 aromatic heterocycles. The minimum atomic E-state index is -0.138. The van der Waals surface area contributed by atoms with Gasteiger partial charge in [0.05, 0.1) is 18.8 Å². The van der Waals surface area contributed by atoms with E-state index in [0.29, 0.717) is 18.8 Å². The van der Waals surface area contributed by atoms with Gasteiger partial charge in [0.2, 0.25) is 0 Å². The second kappa shape index (κ2) is 7.34. The van der Waals surface area contributed by atoms with Crippen LogP contribution in [0.5, 0.6) is 0 Å². The van der Waals surface area contributed by atoms with E-state index in [9.17, 15) is 0 Å². The van der Waals surface area contributed by atoms with Crippen molar-refractivity contribution in [1.29, 1.82) is 0 Å². The SMILES string of the molecule is CCOCC(OC1CCCC1)OC1CCCC1. The van der Waals surface area contributed by atoms with Gasteiger partial charge in [-0.1, -0.05) is 25.7 Å². The van der Waals surface area contributed by atoms with Crippen LogP contribution < -0.4 is 0 Å². The highest BCUT2D eigenvalue weighted by atomic mass is 16.7. The fourth-order valence-electron chi connectivity index (χ4n) is 2.80. The Bertz CT molecular complexity index is 178. The molecule has 3 heteroatoms. The molecule has 0 N–H and O–H groups in total. The van der Waals surface area contributed by atoms with Gasteiger partial charge in [0.15, 0.2) is 6.29 Å². The smallest absolute Gasteiger partial charge is 0.181 e. The van der Waals surface area contributed by atoms with Crippen molar-refractivity contribution in [2.24, 2.45) is 0 Å². The molecule has 2 rings (SSSR count). The molecule has 100 valence electrons. The Hall–Kier alpha value is -0.120. The van der Waals surface area contributed by atoms with E-state index in [1.807, 2.05) is 6.92 Å². The van der Waals surface area contributed by atoms with Crippen LogP contribution in [0.2, 0.25) is 0 Å². The van der Waals surface area contributed by atoms with Gasteiger partial charge in [0.1, 0.15) is 0 Å². The van der Waals surface area contributed by atoms with Gasteiger partial charge >= 0.3 is 0 Å². The first-order valence-corrected chi connectivity index (χ1v) is 7.27. The van der Waals surface area contributed by atoms with E-state index in [0.717, 1.165) is 6.61 Å². The fourth-order valence-corrected chi connectivity index (χ4v) is 2.80. The van der Waals surface area contributed by atoms with Gasteiger partial charge in [-0.15, -0.1) is 0 Å². The summed E-state index contributed by atoms with van der Waals surface area (Å²) >= 11 is 0. The average molecular weight is 242 g/mol. The Labute approximate surface area is 105 Å². The van der Waals surface area contributed by atoms with Crippen LogP contribution in [0.25, 0.3) is 0 Å². The van der Waals surface area contributed by atoms with Crippen molar-refractivity contribution in [1.82, 2.24) is 0 Å². The molecule has 2 aliphatic rings. The minimum absolute atomic E-state index is 0.138. The summed E-state index contributed by atoms with van der Waals surface area (Å²) in [7, 11) is 0. The van der Waals surface area contributed by atoms with Crippen molar-refractivity contribution < 1.29 is 14.2 Å². The van der Waals surface area contributed by atoms with Crippen molar-refractivity contribution >= 4 is 0 Å². The molecule has 0 saturated heterocycles. The minimum Gasteiger partial charge on any atom is -0.376 e. The largest absolute Gasteiger partial charge is 0.376 e. The third kappa shape index (κ3) is 4.57. The normalized spacial score (nSPS) is 22.9. The topological polar surface area (TPSA) is 27.7 Å². The van der Waals surface area contributed by atoms with Gasteiger partial charge in [0, 0.05) is 6.61 Å². The maximum absolute atomic E-state index is 6.03. The van der Waals surface area contributed by atoms with E-state index in [1.54, 1.807) is 0 Å². The van der Waals surface area contributed by atoms with Gasteiger partial charge in [0.25, 0.3) is 0 Å². The molecule has 0 heterocycles. The molecular weight excluding hydrogens is 216 g/mol. The summed E-state index contributed by atoms with van der Waals surface area (Å²) in [5.74, 6) is 0. The second-order valence-corrected chi connectivity index (χ2v) is 5.17. The van der Waals surface area contributed by atoms with Crippen LogP contribution in [0.3, 0.4) is 0 Å². The van der Waals surface area contributed by atoms with Gasteiger partial charge in [-0.25, -0.2) is 0 Å². The van der Waals surface area contributed by atoms with E-state index < -0.39 is 0 Å². The predicted octanol–water partition coefficient (Wildman–Crippen LogP) is 3.27. The Balaban J connectivity index is 1.74. The standard InChI is InChI=1S/C14H26O3/c1-2-15-11-14(16-12-7-3-4-8-12)17-13-9-5-6-10-13/h12-14H,2-11H2,1H3. The third-order valence-corrected chi connectivity index (χ3v) is 3.75. The molecule has 0 radical (unpaired) electrons. The number of rotatable bonds is 7. The summed E-state index contributed by atoms with van der Waals surface area (Å²) < 4.78 is 17.5. The van der Waals surface area contributed by atoms with Crippen molar-refractivity contribution in [3.05, 3.63) is 0 Å². The molecule has 0 spiro atoms. The summed E-state index contributed by atoms with van der Waals surface area (Å²) in [5, 5.41) is 0. The highest BCUT2D eigenvalue weighted by molar-refractivity contribution is 4.70. The first-order valence-electron chi connectivity index (χ1n) is 7.27. The molecule has 0 atom stereocenters. The monoisotopic (exact) mass is 242 g/mol. The zero-order valence-corrected chi connectivity index (χ0v) is 11.0. The van der Waals surface area contributed by atoms with Gasteiger partial charge < -0.3 is 14.2 Å². The van der Waals surface area contributed by atoms with Gasteiger partial charge in [-0.05, 0) is 32.6 Å². The van der Waals surface area contributed by atoms with Crippen LogP contribution in [0.15, 0.2) is 0 Å². The number of hydrogen-bond donors (Lipinski definition) is 0. The zero-order chi connectivity index (χ0) is 11.9. The molecule has 3 nitrogen and oxygen atoms in total. The summed E-state index contributed by atoms with van der Waals surface area (Å²) in [6, 6.07) is 0. The number of ether oxygens (including phenoxy) is 3. The fraction of sp³-hybridized carbons (Fsp3) is 1.00. The first-order chi connectivity index (χ1) is 8.38. The molecule has 17 heavy (non-hydrogen) atoms. The van der Waals surface area contributed by atoms with Crippen molar-refractivity contribution in [3.8, 4) is 0 Å². The van der Waals surface area contributed by atoms with E-state index in [-0.39, 0.29) is 6.29 Å². The lowest BCUT2D eigenvalue weighted by atomic mass is 10.3. The van der Waals surface area contributed by atoms with Crippen LogP contribution in [-0.4, -0.2) is 31.7 Å². The molecule has 0 amide bonds. The molecule has 0 unspecified atom stereocenters.